The number of hydrogen-bond acceptors (Lipinski definition) is 1. The van der Waals surface area contributed by atoms with Crippen molar-refractivity contribution in [2.45, 2.75) is 18.3 Å². The lowest BCUT2D eigenvalue weighted by Gasteiger charge is -2.41. The fourth-order valence-electron chi connectivity index (χ4n) is 3.15. The molecule has 2 aliphatic carbocycles. The molecule has 0 N–H and O–H groups in total. The fraction of sp³-hybridized carbons (Fsp3) is 0.235. The van der Waals surface area contributed by atoms with Crippen molar-refractivity contribution < 1.29 is 4.79 Å². The summed E-state index contributed by atoms with van der Waals surface area (Å²) < 4.78 is 0. The van der Waals surface area contributed by atoms with Crippen LogP contribution in [0.5, 0.6) is 0 Å². The number of hydrogen-bond donors (Lipinski definition) is 0. The monoisotopic (exact) mass is 236 g/mol. The summed E-state index contributed by atoms with van der Waals surface area (Å²) in [6.45, 7) is 3.96. The molecule has 1 aromatic carbocycles. The summed E-state index contributed by atoms with van der Waals surface area (Å²) in [5.74, 6) is 0.507. The lowest BCUT2D eigenvalue weighted by atomic mass is 9.62. The fourth-order valence-corrected chi connectivity index (χ4v) is 3.15. The number of carbonyl (C=O) groups is 1. The first kappa shape index (κ1) is 11.2. The van der Waals surface area contributed by atoms with Crippen LogP contribution in [0.3, 0.4) is 0 Å². The van der Waals surface area contributed by atoms with Crippen LogP contribution in [0.2, 0.25) is 0 Å². The molecular formula is C17H16O. The summed E-state index contributed by atoms with van der Waals surface area (Å²) in [6, 6.07) is 8.44. The van der Waals surface area contributed by atoms with E-state index in [9.17, 15) is 4.79 Å². The smallest absolute Gasteiger partial charge is 0.155 e. The molecule has 0 saturated carbocycles. The van der Waals surface area contributed by atoms with Gasteiger partial charge in [0.15, 0.2) is 5.78 Å². The minimum atomic E-state index is -0.0684. The third kappa shape index (κ3) is 1.51. The van der Waals surface area contributed by atoms with Crippen LogP contribution in [0.25, 0.3) is 6.08 Å². The molecule has 3 rings (SSSR count). The Bertz CT molecular complexity index is 565. The number of allylic oxidation sites excluding steroid dienone is 4. The van der Waals surface area contributed by atoms with Crippen molar-refractivity contribution in [1.29, 1.82) is 0 Å². The van der Waals surface area contributed by atoms with E-state index in [2.05, 4.69) is 49.1 Å². The van der Waals surface area contributed by atoms with Crippen LogP contribution in [-0.2, 0) is 10.2 Å². The van der Waals surface area contributed by atoms with Crippen LogP contribution >= 0.6 is 0 Å². The minimum Gasteiger partial charge on any atom is -0.295 e. The molecule has 0 radical (unpaired) electrons. The van der Waals surface area contributed by atoms with Gasteiger partial charge in [0.2, 0.25) is 0 Å². The van der Waals surface area contributed by atoms with Gasteiger partial charge >= 0.3 is 0 Å². The van der Waals surface area contributed by atoms with Gasteiger partial charge in [0.05, 0.1) is 0 Å². The minimum absolute atomic E-state index is 0.0684. The normalized spacial score (nSPS) is 29.3. The molecule has 0 amide bonds. The molecule has 18 heavy (non-hydrogen) atoms. The van der Waals surface area contributed by atoms with Crippen molar-refractivity contribution in [3.63, 3.8) is 0 Å². The van der Waals surface area contributed by atoms with E-state index in [1.54, 1.807) is 6.08 Å². The van der Waals surface area contributed by atoms with Gasteiger partial charge in [-0.2, -0.15) is 0 Å². The van der Waals surface area contributed by atoms with E-state index in [1.807, 2.05) is 6.08 Å². The first-order chi connectivity index (χ1) is 8.76. The van der Waals surface area contributed by atoms with Gasteiger partial charge in [-0.25, -0.2) is 0 Å². The summed E-state index contributed by atoms with van der Waals surface area (Å²) in [6.07, 6.45) is 11.7. The SMILES string of the molecule is C=C[C@H]1C=Cc2ccccc2[C@@]12C=CC(=O)CC2. The summed E-state index contributed by atoms with van der Waals surface area (Å²) in [4.78, 5) is 11.5. The molecule has 1 nitrogen and oxygen atoms in total. The Morgan fingerprint density at radius 2 is 2.11 bits per heavy atom. The quantitative estimate of drug-likeness (QED) is 0.680. The molecule has 0 unspecified atom stereocenters. The predicted octanol–water partition coefficient (Wildman–Crippen LogP) is 3.67. The molecule has 1 heteroatoms. The third-order valence-electron chi connectivity index (χ3n) is 4.15. The lowest BCUT2D eigenvalue weighted by Crippen LogP contribution is -2.36. The third-order valence-corrected chi connectivity index (χ3v) is 4.15. The molecule has 0 aliphatic heterocycles. The molecule has 0 bridgehead atoms. The molecular weight excluding hydrogens is 220 g/mol. The second-order valence-corrected chi connectivity index (χ2v) is 5.05. The molecule has 2 aliphatic rings. The summed E-state index contributed by atoms with van der Waals surface area (Å²) in [5.41, 5.74) is 2.51. The van der Waals surface area contributed by atoms with Crippen molar-refractivity contribution in [2.24, 2.45) is 5.92 Å². The van der Waals surface area contributed by atoms with Crippen LogP contribution in [0.4, 0.5) is 0 Å². The van der Waals surface area contributed by atoms with Crippen molar-refractivity contribution in [2.75, 3.05) is 0 Å². The Balaban J connectivity index is 2.21. The van der Waals surface area contributed by atoms with Crippen LogP contribution in [0.1, 0.15) is 24.0 Å². The zero-order valence-electron chi connectivity index (χ0n) is 10.3. The standard InChI is InChI=1S/C17H16O/c1-2-14-8-7-13-5-3-4-6-16(13)17(14)11-9-15(18)10-12-17/h2-9,11,14H,1,10,12H2/t14-,17+/m0/s1. The van der Waals surface area contributed by atoms with E-state index >= 15 is 0 Å². The van der Waals surface area contributed by atoms with Crippen LogP contribution in [-0.4, -0.2) is 5.78 Å². The predicted molar refractivity (Wildman–Crippen MR) is 74.2 cm³/mol. The molecule has 0 saturated heterocycles. The highest BCUT2D eigenvalue weighted by atomic mass is 16.1. The van der Waals surface area contributed by atoms with Crippen molar-refractivity contribution >= 4 is 11.9 Å². The number of rotatable bonds is 1. The van der Waals surface area contributed by atoms with Gasteiger partial charge in [0, 0.05) is 17.8 Å². The first-order valence-corrected chi connectivity index (χ1v) is 6.38. The van der Waals surface area contributed by atoms with Crippen molar-refractivity contribution in [1.82, 2.24) is 0 Å². The largest absolute Gasteiger partial charge is 0.295 e. The van der Waals surface area contributed by atoms with Gasteiger partial charge in [0.25, 0.3) is 0 Å². The van der Waals surface area contributed by atoms with E-state index < -0.39 is 0 Å². The highest BCUT2D eigenvalue weighted by molar-refractivity contribution is 5.91. The topological polar surface area (TPSA) is 17.1 Å². The molecule has 1 aromatic rings. The molecule has 0 aromatic heterocycles. The van der Waals surface area contributed by atoms with E-state index in [-0.39, 0.29) is 17.1 Å². The second kappa shape index (κ2) is 4.09. The Morgan fingerprint density at radius 1 is 1.28 bits per heavy atom. The molecule has 0 heterocycles. The summed E-state index contributed by atoms with van der Waals surface area (Å²) in [5, 5.41) is 0. The van der Waals surface area contributed by atoms with E-state index in [1.165, 1.54) is 11.1 Å². The van der Waals surface area contributed by atoms with Gasteiger partial charge in [-0.15, -0.1) is 6.58 Å². The van der Waals surface area contributed by atoms with Crippen LogP contribution in [0, 0.1) is 5.92 Å². The van der Waals surface area contributed by atoms with Crippen LogP contribution in [0.15, 0.2) is 55.1 Å². The van der Waals surface area contributed by atoms with E-state index in [4.69, 9.17) is 0 Å². The number of benzene rings is 1. The van der Waals surface area contributed by atoms with E-state index in [0.717, 1.165) is 6.42 Å². The summed E-state index contributed by atoms with van der Waals surface area (Å²) >= 11 is 0. The van der Waals surface area contributed by atoms with Gasteiger partial charge in [-0.1, -0.05) is 48.6 Å². The number of fused-ring (bicyclic) bond motifs is 2. The molecule has 1 spiro atoms. The average Bonchev–Trinajstić information content (AvgIpc) is 2.42. The van der Waals surface area contributed by atoms with Gasteiger partial charge < -0.3 is 0 Å². The molecule has 90 valence electrons. The van der Waals surface area contributed by atoms with Gasteiger partial charge in [0.1, 0.15) is 0 Å². The Hall–Kier alpha value is -1.89. The van der Waals surface area contributed by atoms with Crippen molar-refractivity contribution in [3.05, 3.63) is 66.3 Å². The maximum atomic E-state index is 11.5. The average molecular weight is 236 g/mol. The number of carbonyl (C=O) groups excluding carboxylic acids is 1. The maximum Gasteiger partial charge on any atom is 0.155 e. The van der Waals surface area contributed by atoms with Gasteiger partial charge in [-0.05, 0) is 23.6 Å². The summed E-state index contributed by atoms with van der Waals surface area (Å²) in [7, 11) is 0. The van der Waals surface area contributed by atoms with Crippen molar-refractivity contribution in [3.8, 4) is 0 Å². The van der Waals surface area contributed by atoms with Gasteiger partial charge in [-0.3, -0.25) is 4.79 Å². The first-order valence-electron chi connectivity index (χ1n) is 6.38. The molecule has 0 fully saturated rings. The van der Waals surface area contributed by atoms with Crippen LogP contribution < -0.4 is 0 Å². The Labute approximate surface area is 108 Å². The maximum absolute atomic E-state index is 11.5. The number of ketones is 1. The lowest BCUT2D eigenvalue weighted by molar-refractivity contribution is -0.115. The zero-order chi connectivity index (χ0) is 12.6. The Kier molecular flexibility index (Phi) is 2.55. The highest BCUT2D eigenvalue weighted by Gasteiger charge is 2.40. The molecule has 2 atom stereocenters. The zero-order valence-corrected chi connectivity index (χ0v) is 10.3. The second-order valence-electron chi connectivity index (χ2n) is 5.05. The Morgan fingerprint density at radius 3 is 2.83 bits per heavy atom. The van der Waals surface area contributed by atoms with E-state index in [0.29, 0.717) is 6.42 Å². The highest BCUT2D eigenvalue weighted by Crippen LogP contribution is 2.46.